The van der Waals surface area contributed by atoms with E-state index in [-0.39, 0.29) is 5.56 Å². The van der Waals surface area contributed by atoms with Gasteiger partial charge in [0.25, 0.3) is 5.91 Å². The first-order chi connectivity index (χ1) is 10.1. The van der Waals surface area contributed by atoms with Gasteiger partial charge in [0, 0.05) is 11.2 Å². The molecule has 3 amide bonds. The second-order valence-corrected chi connectivity index (χ2v) is 5.86. The van der Waals surface area contributed by atoms with Crippen LogP contribution in [0, 0.1) is 6.92 Å². The summed E-state index contributed by atoms with van der Waals surface area (Å²) in [7, 11) is 0. The molecule has 120 valence electrons. The molecule has 7 nitrogen and oxygen atoms in total. The van der Waals surface area contributed by atoms with Gasteiger partial charge in [0.1, 0.15) is 0 Å². The third kappa shape index (κ3) is 5.43. The normalized spacial score (nSPS) is 10.7. The first-order valence-electron chi connectivity index (χ1n) is 6.74. The summed E-state index contributed by atoms with van der Waals surface area (Å²) in [6.45, 7) is 6.52. The van der Waals surface area contributed by atoms with Gasteiger partial charge in [-0.1, -0.05) is 12.1 Å². The van der Waals surface area contributed by atoms with Crippen molar-refractivity contribution in [2.45, 2.75) is 33.2 Å². The van der Waals surface area contributed by atoms with E-state index < -0.39 is 30.1 Å². The molecular formula is C15H21N3O4. The average Bonchev–Trinajstić information content (AvgIpc) is 2.36. The Morgan fingerprint density at radius 2 is 1.86 bits per heavy atom. The Bertz CT molecular complexity index is 591. The number of urea groups is 1. The maximum atomic E-state index is 11.9. The Labute approximate surface area is 129 Å². The number of amides is 3. The van der Waals surface area contributed by atoms with E-state index in [2.05, 4.69) is 10.6 Å². The summed E-state index contributed by atoms with van der Waals surface area (Å²) in [5.41, 5.74) is 6.53. The smallest absolute Gasteiger partial charge is 0.340 e. The van der Waals surface area contributed by atoms with E-state index in [1.165, 1.54) is 6.07 Å². The monoisotopic (exact) mass is 307 g/mol. The summed E-state index contributed by atoms with van der Waals surface area (Å²) < 4.78 is 4.85. The highest BCUT2D eigenvalue weighted by molar-refractivity contribution is 5.99. The van der Waals surface area contributed by atoms with Crippen molar-refractivity contribution in [3.8, 4) is 0 Å². The van der Waals surface area contributed by atoms with Crippen LogP contribution in [0.2, 0.25) is 0 Å². The summed E-state index contributed by atoms with van der Waals surface area (Å²) in [6.07, 6.45) is 0. The molecule has 0 saturated carbocycles. The van der Waals surface area contributed by atoms with Gasteiger partial charge in [-0.05, 0) is 39.3 Å². The minimum atomic E-state index is -0.721. The van der Waals surface area contributed by atoms with Crippen LogP contribution in [-0.4, -0.2) is 30.1 Å². The Morgan fingerprint density at radius 1 is 1.23 bits per heavy atom. The quantitative estimate of drug-likeness (QED) is 0.577. The topological polar surface area (TPSA) is 111 Å². The number of benzene rings is 1. The SMILES string of the molecule is Cc1cccc(C(=O)OCC(=O)NC(=O)NC(C)(C)C)c1N. The van der Waals surface area contributed by atoms with E-state index in [1.807, 2.05) is 0 Å². The van der Waals surface area contributed by atoms with E-state index in [0.717, 1.165) is 5.56 Å². The lowest BCUT2D eigenvalue weighted by molar-refractivity contribution is -0.123. The van der Waals surface area contributed by atoms with Crippen molar-refractivity contribution in [1.82, 2.24) is 10.6 Å². The molecule has 4 N–H and O–H groups in total. The van der Waals surface area contributed by atoms with Crippen LogP contribution >= 0.6 is 0 Å². The van der Waals surface area contributed by atoms with Gasteiger partial charge in [-0.15, -0.1) is 0 Å². The molecule has 0 saturated heterocycles. The Kier molecular flexibility index (Phi) is 5.50. The van der Waals surface area contributed by atoms with Gasteiger partial charge in [-0.3, -0.25) is 10.1 Å². The van der Waals surface area contributed by atoms with Crippen LogP contribution in [0.4, 0.5) is 10.5 Å². The van der Waals surface area contributed by atoms with Crippen molar-refractivity contribution < 1.29 is 19.1 Å². The lowest BCUT2D eigenvalue weighted by Crippen LogP contribution is -2.49. The van der Waals surface area contributed by atoms with Crippen molar-refractivity contribution >= 4 is 23.6 Å². The number of carbonyl (C=O) groups is 3. The first kappa shape index (κ1) is 17.5. The van der Waals surface area contributed by atoms with Gasteiger partial charge in [-0.2, -0.15) is 0 Å². The molecule has 0 aliphatic rings. The number of esters is 1. The van der Waals surface area contributed by atoms with Gasteiger partial charge < -0.3 is 15.8 Å². The van der Waals surface area contributed by atoms with Crippen LogP contribution in [0.25, 0.3) is 0 Å². The molecule has 0 bridgehead atoms. The third-order valence-electron chi connectivity index (χ3n) is 2.62. The van der Waals surface area contributed by atoms with Crippen LogP contribution in [-0.2, 0) is 9.53 Å². The highest BCUT2D eigenvalue weighted by atomic mass is 16.5. The van der Waals surface area contributed by atoms with Crippen LogP contribution < -0.4 is 16.4 Å². The zero-order chi connectivity index (χ0) is 16.9. The van der Waals surface area contributed by atoms with Crippen molar-refractivity contribution in [2.75, 3.05) is 12.3 Å². The number of anilines is 1. The molecule has 0 atom stereocenters. The summed E-state index contributed by atoms with van der Waals surface area (Å²) in [4.78, 5) is 34.9. The molecule has 0 aromatic heterocycles. The highest BCUT2D eigenvalue weighted by Gasteiger charge is 2.18. The van der Waals surface area contributed by atoms with Crippen molar-refractivity contribution in [3.63, 3.8) is 0 Å². The molecule has 0 spiro atoms. The zero-order valence-corrected chi connectivity index (χ0v) is 13.1. The molecule has 0 fully saturated rings. The second kappa shape index (κ2) is 6.93. The van der Waals surface area contributed by atoms with Gasteiger partial charge in [0.15, 0.2) is 6.61 Å². The van der Waals surface area contributed by atoms with Crippen LogP contribution in [0.3, 0.4) is 0 Å². The molecule has 1 aromatic rings. The van der Waals surface area contributed by atoms with Crippen molar-refractivity contribution in [2.24, 2.45) is 0 Å². The maximum Gasteiger partial charge on any atom is 0.340 e. The van der Waals surface area contributed by atoms with Gasteiger partial charge >= 0.3 is 12.0 Å². The van der Waals surface area contributed by atoms with E-state index in [1.54, 1.807) is 39.8 Å². The van der Waals surface area contributed by atoms with Crippen LogP contribution in [0.15, 0.2) is 18.2 Å². The Morgan fingerprint density at radius 3 is 2.45 bits per heavy atom. The third-order valence-corrected chi connectivity index (χ3v) is 2.62. The first-order valence-corrected chi connectivity index (χ1v) is 6.74. The van der Waals surface area contributed by atoms with Gasteiger partial charge in [0.05, 0.1) is 5.56 Å². The average molecular weight is 307 g/mol. The number of nitrogens with two attached hydrogens (primary N) is 1. The molecule has 0 aliphatic heterocycles. The Hall–Kier alpha value is -2.57. The fraction of sp³-hybridized carbons (Fsp3) is 0.400. The summed E-state index contributed by atoms with van der Waals surface area (Å²) >= 11 is 0. The van der Waals surface area contributed by atoms with Crippen LogP contribution in [0.5, 0.6) is 0 Å². The minimum Gasteiger partial charge on any atom is -0.452 e. The van der Waals surface area contributed by atoms with Gasteiger partial charge in [-0.25, -0.2) is 9.59 Å². The number of hydrogen-bond acceptors (Lipinski definition) is 5. The van der Waals surface area contributed by atoms with Crippen molar-refractivity contribution in [3.05, 3.63) is 29.3 Å². The minimum absolute atomic E-state index is 0.187. The molecule has 7 heteroatoms. The highest BCUT2D eigenvalue weighted by Crippen LogP contribution is 2.17. The summed E-state index contributed by atoms with van der Waals surface area (Å²) in [5, 5.41) is 4.63. The number of para-hydroxylation sites is 1. The number of nitrogens with one attached hydrogen (secondary N) is 2. The summed E-state index contributed by atoms with van der Waals surface area (Å²) in [6, 6.07) is 4.28. The molecule has 0 aliphatic carbocycles. The number of ether oxygens (including phenoxy) is 1. The largest absolute Gasteiger partial charge is 0.452 e. The molecule has 1 rings (SSSR count). The van der Waals surface area contributed by atoms with E-state index in [0.29, 0.717) is 5.69 Å². The lowest BCUT2D eigenvalue weighted by Gasteiger charge is -2.20. The zero-order valence-electron chi connectivity index (χ0n) is 13.1. The van der Waals surface area contributed by atoms with Gasteiger partial charge in [0.2, 0.25) is 0 Å². The number of hydrogen-bond donors (Lipinski definition) is 3. The fourth-order valence-corrected chi connectivity index (χ4v) is 1.60. The second-order valence-electron chi connectivity index (χ2n) is 5.86. The summed E-state index contributed by atoms with van der Waals surface area (Å²) in [5.74, 6) is -1.44. The lowest BCUT2D eigenvalue weighted by atomic mass is 10.1. The molecule has 1 aromatic carbocycles. The van der Waals surface area contributed by atoms with Crippen LogP contribution in [0.1, 0.15) is 36.7 Å². The van der Waals surface area contributed by atoms with E-state index in [4.69, 9.17) is 10.5 Å². The number of carbonyl (C=O) groups excluding carboxylic acids is 3. The maximum absolute atomic E-state index is 11.9. The molecule has 0 radical (unpaired) electrons. The predicted molar refractivity (Wildman–Crippen MR) is 82.3 cm³/mol. The molecule has 0 heterocycles. The van der Waals surface area contributed by atoms with Crippen molar-refractivity contribution in [1.29, 1.82) is 0 Å². The number of nitrogen functional groups attached to an aromatic ring is 1. The Balaban J connectivity index is 2.52. The standard InChI is InChI=1S/C15H21N3O4/c1-9-6-5-7-10(12(9)16)13(20)22-8-11(19)17-14(21)18-15(2,3)4/h5-7H,8,16H2,1-4H3,(H2,17,18,19,21). The van der Waals surface area contributed by atoms with E-state index in [9.17, 15) is 14.4 Å². The molecule has 0 unspecified atom stereocenters. The predicted octanol–water partition coefficient (Wildman–Crippen LogP) is 1.36. The van der Waals surface area contributed by atoms with E-state index >= 15 is 0 Å². The molecular weight excluding hydrogens is 286 g/mol. The number of imide groups is 1. The molecule has 22 heavy (non-hydrogen) atoms. The fourth-order valence-electron chi connectivity index (χ4n) is 1.60. The number of aryl methyl sites for hydroxylation is 1. The number of rotatable bonds is 3.